The molecule has 0 aromatic rings. The number of aliphatic hydroxyl groups is 1. The Balaban J connectivity index is -0.000000167. The average molecular weight is 234 g/mol. The van der Waals surface area contributed by atoms with E-state index in [2.05, 4.69) is 10.3 Å². The van der Waals surface area contributed by atoms with Crippen molar-refractivity contribution in [1.29, 1.82) is 0 Å². The Bertz CT molecular complexity index is 118. The Morgan fingerprint density at radius 2 is 1.93 bits per heavy atom. The minimum atomic E-state index is -0.368. The molecule has 0 spiro atoms. The number of hydroxylamine groups is 1. The van der Waals surface area contributed by atoms with Gasteiger partial charge in [-0.1, -0.05) is 0 Å². The fraction of sp³-hybridized carbons (Fsp3) is 0.833. The zero-order valence-electron chi connectivity index (χ0n) is 6.38. The molecule has 0 unspecified atom stereocenters. The predicted molar refractivity (Wildman–Crippen MR) is 60.9 cm³/mol. The van der Waals surface area contributed by atoms with Crippen molar-refractivity contribution >= 4 is 94.6 Å². The maximum atomic E-state index is 10.6. The quantitative estimate of drug-likeness (QED) is 0.256. The molecule has 0 aromatic heterocycles. The van der Waals surface area contributed by atoms with Gasteiger partial charge < -0.3 is 15.7 Å². The van der Waals surface area contributed by atoms with Gasteiger partial charge in [0, 0.05) is 26.1 Å². The first-order valence-corrected chi connectivity index (χ1v) is 3.54. The van der Waals surface area contributed by atoms with Gasteiger partial charge in [-0.2, -0.15) is 5.48 Å². The first-order chi connectivity index (χ1) is 5.31. The van der Waals surface area contributed by atoms with Crippen molar-refractivity contribution in [2.45, 2.75) is 12.8 Å². The van der Waals surface area contributed by atoms with Crippen LogP contribution in [-0.4, -0.2) is 119 Å². The van der Waals surface area contributed by atoms with Crippen LogP contribution in [0.15, 0.2) is 0 Å². The second-order valence-corrected chi connectivity index (χ2v) is 1.98. The number of nitrogens with two attached hydrogens (primary N) is 1. The number of rotatable bonds is 6. The molecule has 0 aromatic carbocycles. The Labute approximate surface area is 151 Å². The molecule has 0 aliphatic carbocycles. The molecular weight excluding hydrogens is 217 g/mol. The van der Waals surface area contributed by atoms with Gasteiger partial charge in [0.15, 0.2) is 0 Å². The predicted octanol–water partition coefficient (Wildman–Crippen LogP) is -3.18. The van der Waals surface area contributed by atoms with E-state index in [0.717, 1.165) is 0 Å². The summed E-state index contributed by atoms with van der Waals surface area (Å²) in [6.45, 7) is 0.879. The van der Waals surface area contributed by atoms with Crippen molar-refractivity contribution in [3.8, 4) is 0 Å². The minimum absolute atomic E-state index is 0. The monoisotopic (exact) mass is 234 g/mol. The second kappa shape index (κ2) is 20.7. The van der Waals surface area contributed by atoms with E-state index in [1.54, 1.807) is 0 Å². The summed E-state index contributed by atoms with van der Waals surface area (Å²) in [5.41, 5.74) is 7.51. The number of aliphatic hydroxyl groups excluding tert-OH is 1. The number of carbonyl (C=O) groups is 1. The van der Waals surface area contributed by atoms with Gasteiger partial charge in [0.1, 0.15) is 0 Å². The zero-order chi connectivity index (χ0) is 8.53. The van der Waals surface area contributed by atoms with Crippen molar-refractivity contribution in [2.75, 3.05) is 19.7 Å². The fourth-order valence-corrected chi connectivity index (χ4v) is 0.465. The summed E-state index contributed by atoms with van der Waals surface area (Å²) in [5.74, 6) is -0.368. The summed E-state index contributed by atoms with van der Waals surface area (Å²) < 4.78 is 0. The summed E-state index contributed by atoms with van der Waals surface area (Å²) in [7, 11) is 0. The number of carbonyl (C=O) groups excluding carboxylic acids is 1. The van der Waals surface area contributed by atoms with E-state index in [0.29, 0.717) is 19.5 Å². The SMILES string of the molecule is NCCNOC(=O)CCCO.[NaH].[NaH].[NaH]. The van der Waals surface area contributed by atoms with E-state index >= 15 is 0 Å². The molecule has 0 saturated carbocycles. The topological polar surface area (TPSA) is 84.6 Å². The van der Waals surface area contributed by atoms with Gasteiger partial charge in [0.05, 0.1) is 0 Å². The summed E-state index contributed by atoms with van der Waals surface area (Å²) in [6.07, 6.45) is 0.664. The van der Waals surface area contributed by atoms with Crippen molar-refractivity contribution in [2.24, 2.45) is 5.73 Å². The molecular formula is C6H17N2Na3O3. The Hall–Kier alpha value is 2.35. The van der Waals surface area contributed by atoms with E-state index < -0.39 is 0 Å². The van der Waals surface area contributed by atoms with Crippen LogP contribution in [0.1, 0.15) is 12.8 Å². The van der Waals surface area contributed by atoms with Crippen LogP contribution < -0.4 is 11.2 Å². The van der Waals surface area contributed by atoms with E-state index in [-0.39, 0.29) is 108 Å². The van der Waals surface area contributed by atoms with Gasteiger partial charge in [0.2, 0.25) is 0 Å². The molecule has 0 atom stereocenters. The average Bonchev–Trinajstić information content (AvgIpc) is 2.01. The summed E-state index contributed by atoms with van der Waals surface area (Å²) in [6, 6.07) is 0. The first-order valence-electron chi connectivity index (χ1n) is 3.54. The molecule has 0 fully saturated rings. The van der Waals surface area contributed by atoms with Crippen molar-refractivity contribution in [3.05, 3.63) is 0 Å². The molecule has 14 heavy (non-hydrogen) atoms. The van der Waals surface area contributed by atoms with Crippen LogP contribution >= 0.6 is 0 Å². The van der Waals surface area contributed by atoms with Crippen LogP contribution in [0.3, 0.4) is 0 Å². The van der Waals surface area contributed by atoms with E-state index in [1.165, 1.54) is 0 Å². The van der Waals surface area contributed by atoms with Crippen LogP contribution in [0.25, 0.3) is 0 Å². The molecule has 0 heterocycles. The van der Waals surface area contributed by atoms with Gasteiger partial charge in [-0.15, -0.1) is 0 Å². The van der Waals surface area contributed by atoms with Crippen molar-refractivity contribution in [3.63, 3.8) is 0 Å². The van der Waals surface area contributed by atoms with Crippen LogP contribution in [-0.2, 0) is 9.63 Å². The zero-order valence-corrected chi connectivity index (χ0v) is 6.38. The Morgan fingerprint density at radius 3 is 2.36 bits per heavy atom. The number of hydrogen-bond donors (Lipinski definition) is 3. The third-order valence-electron chi connectivity index (χ3n) is 0.971. The third-order valence-corrected chi connectivity index (χ3v) is 0.971. The molecule has 0 amide bonds. The van der Waals surface area contributed by atoms with Crippen LogP contribution in [0.2, 0.25) is 0 Å². The molecule has 72 valence electrons. The summed E-state index contributed by atoms with van der Waals surface area (Å²) in [5, 5.41) is 8.34. The molecule has 0 bridgehead atoms. The van der Waals surface area contributed by atoms with Crippen LogP contribution in [0.5, 0.6) is 0 Å². The molecule has 5 nitrogen and oxygen atoms in total. The normalized spacial score (nSPS) is 7.57. The van der Waals surface area contributed by atoms with Gasteiger partial charge in [0.25, 0.3) is 0 Å². The summed E-state index contributed by atoms with van der Waals surface area (Å²) in [4.78, 5) is 15.1. The molecule has 4 N–H and O–H groups in total. The van der Waals surface area contributed by atoms with Crippen molar-refractivity contribution < 1.29 is 14.7 Å². The molecule has 0 aliphatic rings. The Morgan fingerprint density at radius 1 is 1.36 bits per heavy atom. The van der Waals surface area contributed by atoms with Crippen LogP contribution in [0, 0.1) is 0 Å². The first kappa shape index (κ1) is 25.3. The van der Waals surface area contributed by atoms with Gasteiger partial charge in [-0.05, 0) is 6.42 Å². The fourth-order valence-electron chi connectivity index (χ4n) is 0.465. The van der Waals surface area contributed by atoms with Gasteiger partial charge >= 0.3 is 94.6 Å². The standard InChI is InChI=1S/C6H14N2O3.3Na.3H/c7-3-4-8-11-6(10)2-1-5-9;;;;;;/h8-9H,1-5,7H2;;;;;;. The molecule has 0 aliphatic heterocycles. The van der Waals surface area contributed by atoms with E-state index in [9.17, 15) is 4.79 Å². The van der Waals surface area contributed by atoms with Crippen molar-refractivity contribution in [1.82, 2.24) is 5.48 Å². The number of hydrogen-bond acceptors (Lipinski definition) is 5. The second-order valence-electron chi connectivity index (χ2n) is 1.98. The maximum absolute atomic E-state index is 10.6. The van der Waals surface area contributed by atoms with Crippen LogP contribution in [0.4, 0.5) is 0 Å². The molecule has 0 rings (SSSR count). The Kier molecular flexibility index (Phi) is 37.4. The number of nitrogens with one attached hydrogen (secondary N) is 1. The molecule has 0 saturated heterocycles. The van der Waals surface area contributed by atoms with Gasteiger partial charge in [-0.3, -0.25) is 4.79 Å². The van der Waals surface area contributed by atoms with E-state index in [1.807, 2.05) is 0 Å². The summed E-state index contributed by atoms with van der Waals surface area (Å²) >= 11 is 0. The molecule has 0 radical (unpaired) electrons. The third kappa shape index (κ3) is 19.9. The van der Waals surface area contributed by atoms with E-state index in [4.69, 9.17) is 10.8 Å². The van der Waals surface area contributed by atoms with Gasteiger partial charge in [-0.25, -0.2) is 0 Å². The molecule has 8 heteroatoms.